The van der Waals surface area contributed by atoms with E-state index < -0.39 is 0 Å². The Morgan fingerprint density at radius 1 is 1.46 bits per heavy atom. The van der Waals surface area contributed by atoms with Crippen LogP contribution in [0.15, 0.2) is 22.8 Å². The molecule has 3 rings (SSSR count). The maximum absolute atomic E-state index is 12.5. The minimum absolute atomic E-state index is 0.00538. The average molecular weight is 330 g/mol. The molecule has 1 aliphatic rings. The summed E-state index contributed by atoms with van der Waals surface area (Å²) in [6.07, 6.45) is 2.82. The Morgan fingerprint density at radius 3 is 2.96 bits per heavy atom. The molecule has 0 unspecified atom stereocenters. The molecule has 130 valence electrons. The molecular weight excluding hydrogens is 304 g/mol. The van der Waals surface area contributed by atoms with Crippen LogP contribution in [0.2, 0.25) is 0 Å². The van der Waals surface area contributed by atoms with Gasteiger partial charge in [0, 0.05) is 25.3 Å². The summed E-state index contributed by atoms with van der Waals surface area (Å²) in [5.41, 5.74) is 2.47. The van der Waals surface area contributed by atoms with Crippen LogP contribution in [0.4, 0.5) is 0 Å². The van der Waals surface area contributed by atoms with E-state index in [2.05, 4.69) is 15.3 Å². The number of carbonyl (C=O) groups is 1. The highest BCUT2D eigenvalue weighted by Crippen LogP contribution is 2.19. The quantitative estimate of drug-likeness (QED) is 0.883. The molecule has 24 heavy (non-hydrogen) atoms. The Labute approximate surface area is 142 Å². The molecule has 2 aromatic rings. The number of carbonyl (C=O) groups excluding carboxylic acids is 1. The number of nitrogens with one attached hydrogen (secondary N) is 1. The maximum Gasteiger partial charge on any atom is 0.255 e. The molecule has 0 aliphatic carbocycles. The Balaban J connectivity index is 1.51. The third kappa shape index (κ3) is 3.53. The van der Waals surface area contributed by atoms with Crippen molar-refractivity contribution in [2.45, 2.75) is 40.3 Å². The van der Waals surface area contributed by atoms with Gasteiger partial charge in [0.25, 0.3) is 5.91 Å². The molecule has 6 nitrogen and oxygen atoms in total. The molecule has 2 aromatic heterocycles. The van der Waals surface area contributed by atoms with Crippen molar-refractivity contribution in [1.29, 1.82) is 0 Å². The summed E-state index contributed by atoms with van der Waals surface area (Å²) in [6, 6.07) is 3.93. The topological polar surface area (TPSA) is 63.3 Å². The number of likely N-dealkylation sites (tertiary alicyclic amines) is 1. The van der Waals surface area contributed by atoms with Crippen molar-refractivity contribution in [1.82, 2.24) is 20.0 Å². The lowest BCUT2D eigenvalue weighted by Gasteiger charge is -2.15. The number of amides is 1. The molecule has 1 amide bonds. The van der Waals surface area contributed by atoms with Gasteiger partial charge in [0.05, 0.1) is 24.1 Å². The Hall–Kier alpha value is -2.08. The molecule has 1 aliphatic heterocycles. The lowest BCUT2D eigenvalue weighted by Crippen LogP contribution is -2.31. The SMILES string of the molecule is CCn1nc(C)c(C(=O)NC[C@@H]2CCN(Cc3ccco3)C2)c1C. The summed E-state index contributed by atoms with van der Waals surface area (Å²) >= 11 is 0. The molecule has 6 heteroatoms. The van der Waals surface area contributed by atoms with E-state index >= 15 is 0 Å². The van der Waals surface area contributed by atoms with Crippen LogP contribution >= 0.6 is 0 Å². The highest BCUT2D eigenvalue weighted by molar-refractivity contribution is 5.96. The number of aromatic nitrogens is 2. The number of rotatable bonds is 6. The highest BCUT2D eigenvalue weighted by atomic mass is 16.3. The first-order valence-electron chi connectivity index (χ1n) is 8.65. The number of furan rings is 1. The first-order chi connectivity index (χ1) is 11.6. The van der Waals surface area contributed by atoms with Gasteiger partial charge >= 0.3 is 0 Å². The second-order valence-electron chi connectivity index (χ2n) is 6.54. The highest BCUT2D eigenvalue weighted by Gasteiger charge is 2.25. The molecule has 0 bridgehead atoms. The standard InChI is InChI=1S/C18H26N4O2/c1-4-22-14(3)17(13(2)20-22)18(23)19-10-15-7-8-21(11-15)12-16-6-5-9-24-16/h5-6,9,15H,4,7-8,10-12H2,1-3H3,(H,19,23)/t15-/m0/s1. The minimum Gasteiger partial charge on any atom is -0.468 e. The van der Waals surface area contributed by atoms with Gasteiger partial charge in [-0.3, -0.25) is 14.4 Å². The van der Waals surface area contributed by atoms with E-state index in [-0.39, 0.29) is 5.91 Å². The lowest BCUT2D eigenvalue weighted by atomic mass is 10.1. The summed E-state index contributed by atoms with van der Waals surface area (Å²) in [5, 5.41) is 7.52. The normalized spacial score (nSPS) is 18.2. The van der Waals surface area contributed by atoms with Crippen molar-refractivity contribution in [3.05, 3.63) is 41.1 Å². The number of nitrogens with zero attached hydrogens (tertiary/aromatic N) is 3. The minimum atomic E-state index is -0.00538. The molecule has 1 saturated heterocycles. The average Bonchev–Trinajstić information content (AvgIpc) is 3.27. The van der Waals surface area contributed by atoms with E-state index in [1.54, 1.807) is 6.26 Å². The van der Waals surface area contributed by atoms with Gasteiger partial charge in [0.2, 0.25) is 0 Å². The van der Waals surface area contributed by atoms with Gasteiger partial charge in [0.1, 0.15) is 5.76 Å². The van der Waals surface area contributed by atoms with E-state index in [0.29, 0.717) is 12.5 Å². The fraction of sp³-hybridized carbons (Fsp3) is 0.556. The van der Waals surface area contributed by atoms with Gasteiger partial charge in [-0.05, 0) is 51.8 Å². The van der Waals surface area contributed by atoms with Gasteiger partial charge in [-0.15, -0.1) is 0 Å². The molecule has 0 radical (unpaired) electrons. The second-order valence-corrected chi connectivity index (χ2v) is 6.54. The molecule has 0 spiro atoms. The van der Waals surface area contributed by atoms with Crippen molar-refractivity contribution in [3.8, 4) is 0 Å². The van der Waals surface area contributed by atoms with Crippen molar-refractivity contribution in [3.63, 3.8) is 0 Å². The van der Waals surface area contributed by atoms with Gasteiger partial charge in [0.15, 0.2) is 0 Å². The molecule has 0 aromatic carbocycles. The molecule has 3 heterocycles. The van der Waals surface area contributed by atoms with E-state index in [4.69, 9.17) is 4.42 Å². The zero-order valence-electron chi connectivity index (χ0n) is 14.7. The fourth-order valence-corrected chi connectivity index (χ4v) is 3.50. The summed E-state index contributed by atoms with van der Waals surface area (Å²) in [5.74, 6) is 1.48. The van der Waals surface area contributed by atoms with Crippen LogP contribution in [-0.4, -0.2) is 40.2 Å². The molecule has 1 fully saturated rings. The Bertz CT molecular complexity index is 690. The molecular formula is C18H26N4O2. The van der Waals surface area contributed by atoms with E-state index in [1.807, 2.05) is 37.6 Å². The third-order valence-corrected chi connectivity index (χ3v) is 4.79. The first-order valence-corrected chi connectivity index (χ1v) is 8.65. The first kappa shape index (κ1) is 16.8. The van der Waals surface area contributed by atoms with E-state index in [1.165, 1.54) is 0 Å². The van der Waals surface area contributed by atoms with Gasteiger partial charge in [-0.25, -0.2) is 0 Å². The second kappa shape index (κ2) is 7.21. The fourth-order valence-electron chi connectivity index (χ4n) is 3.50. The predicted molar refractivity (Wildman–Crippen MR) is 91.8 cm³/mol. The third-order valence-electron chi connectivity index (χ3n) is 4.79. The van der Waals surface area contributed by atoms with Crippen LogP contribution in [0.5, 0.6) is 0 Å². The molecule has 0 saturated carbocycles. The van der Waals surface area contributed by atoms with Crippen molar-refractivity contribution >= 4 is 5.91 Å². The van der Waals surface area contributed by atoms with Gasteiger partial charge in [-0.1, -0.05) is 0 Å². The number of hydrogen-bond donors (Lipinski definition) is 1. The Kier molecular flexibility index (Phi) is 5.04. The van der Waals surface area contributed by atoms with Crippen LogP contribution in [0.25, 0.3) is 0 Å². The zero-order valence-corrected chi connectivity index (χ0v) is 14.7. The number of aryl methyl sites for hydroxylation is 2. The number of hydrogen-bond acceptors (Lipinski definition) is 4. The lowest BCUT2D eigenvalue weighted by molar-refractivity contribution is 0.0946. The summed E-state index contributed by atoms with van der Waals surface area (Å²) in [7, 11) is 0. The van der Waals surface area contributed by atoms with Crippen LogP contribution in [0.1, 0.15) is 40.9 Å². The summed E-state index contributed by atoms with van der Waals surface area (Å²) in [6.45, 7) is 10.3. The van der Waals surface area contributed by atoms with E-state index in [0.717, 1.165) is 55.3 Å². The van der Waals surface area contributed by atoms with Gasteiger partial charge < -0.3 is 9.73 Å². The largest absolute Gasteiger partial charge is 0.468 e. The van der Waals surface area contributed by atoms with Crippen LogP contribution in [-0.2, 0) is 13.1 Å². The van der Waals surface area contributed by atoms with Gasteiger partial charge in [-0.2, -0.15) is 5.10 Å². The zero-order chi connectivity index (χ0) is 17.1. The van der Waals surface area contributed by atoms with E-state index in [9.17, 15) is 4.79 Å². The smallest absolute Gasteiger partial charge is 0.255 e. The van der Waals surface area contributed by atoms with Crippen LogP contribution in [0.3, 0.4) is 0 Å². The summed E-state index contributed by atoms with van der Waals surface area (Å²) < 4.78 is 7.29. The Morgan fingerprint density at radius 2 is 2.29 bits per heavy atom. The van der Waals surface area contributed by atoms with Crippen LogP contribution in [0, 0.1) is 19.8 Å². The maximum atomic E-state index is 12.5. The monoisotopic (exact) mass is 330 g/mol. The predicted octanol–water partition coefficient (Wildman–Crippen LogP) is 2.36. The van der Waals surface area contributed by atoms with Crippen molar-refractivity contribution in [2.24, 2.45) is 5.92 Å². The van der Waals surface area contributed by atoms with Crippen LogP contribution < -0.4 is 5.32 Å². The summed E-state index contributed by atoms with van der Waals surface area (Å²) in [4.78, 5) is 14.9. The molecule has 1 atom stereocenters. The van der Waals surface area contributed by atoms with Crippen molar-refractivity contribution in [2.75, 3.05) is 19.6 Å². The van der Waals surface area contributed by atoms with Crippen molar-refractivity contribution < 1.29 is 9.21 Å². The molecule has 1 N–H and O–H groups in total.